The monoisotopic (exact) mass is 610 g/mol. The molecule has 0 aromatic heterocycles. The topological polar surface area (TPSA) is 149 Å². The van der Waals surface area contributed by atoms with Crippen molar-refractivity contribution < 1.29 is 18.0 Å². The van der Waals surface area contributed by atoms with Crippen molar-refractivity contribution in [1.82, 2.24) is 19.8 Å². The third kappa shape index (κ3) is 7.21. The van der Waals surface area contributed by atoms with Gasteiger partial charge in [-0.3, -0.25) is 15.0 Å². The number of sulfonamides is 1. The van der Waals surface area contributed by atoms with Crippen LogP contribution in [0.4, 0.5) is 0 Å². The van der Waals surface area contributed by atoms with Crippen molar-refractivity contribution in [3.05, 3.63) is 63.7 Å². The van der Waals surface area contributed by atoms with Gasteiger partial charge in [0.15, 0.2) is 5.96 Å². The first kappa shape index (κ1) is 32.5. The van der Waals surface area contributed by atoms with Crippen LogP contribution in [0.25, 0.3) is 0 Å². The van der Waals surface area contributed by atoms with E-state index in [1.165, 1.54) is 0 Å². The Morgan fingerprint density at radius 1 is 0.930 bits per heavy atom. The second-order valence-electron chi connectivity index (χ2n) is 12.1. The highest BCUT2D eigenvalue weighted by molar-refractivity contribution is 7.89. The van der Waals surface area contributed by atoms with Crippen LogP contribution in [0.1, 0.15) is 59.1 Å². The number of carbonyl (C=O) groups excluding carboxylic acids is 2. The summed E-state index contributed by atoms with van der Waals surface area (Å²) in [6, 6.07) is 7.61. The zero-order valence-corrected chi connectivity index (χ0v) is 26.8. The Labute approximate surface area is 256 Å². The highest BCUT2D eigenvalue weighted by Gasteiger charge is 2.39. The molecular weight excluding hydrogens is 564 g/mol. The van der Waals surface area contributed by atoms with Gasteiger partial charge in [0, 0.05) is 26.2 Å². The quantitative estimate of drug-likeness (QED) is 0.254. The molecule has 4 rings (SSSR count). The van der Waals surface area contributed by atoms with E-state index < -0.39 is 28.0 Å². The first-order chi connectivity index (χ1) is 20.3. The van der Waals surface area contributed by atoms with E-state index in [4.69, 9.17) is 11.1 Å². The van der Waals surface area contributed by atoms with Gasteiger partial charge < -0.3 is 20.9 Å². The highest BCUT2D eigenvalue weighted by atomic mass is 32.2. The summed E-state index contributed by atoms with van der Waals surface area (Å²) in [6.45, 7) is 11.7. The maximum Gasteiger partial charge on any atom is 0.242 e. The molecule has 2 amide bonds. The largest absolute Gasteiger partial charge is 0.370 e. The Morgan fingerprint density at radius 3 is 2.09 bits per heavy atom. The lowest BCUT2D eigenvalue weighted by molar-refractivity contribution is -0.139. The fraction of sp³-hybridized carbons (Fsp3) is 0.531. The van der Waals surface area contributed by atoms with Gasteiger partial charge in [0.25, 0.3) is 0 Å². The van der Waals surface area contributed by atoms with Crippen molar-refractivity contribution >= 4 is 27.8 Å². The summed E-state index contributed by atoms with van der Waals surface area (Å²) in [4.78, 5) is 31.1. The summed E-state index contributed by atoms with van der Waals surface area (Å²) in [5.74, 6) is -0.259. The van der Waals surface area contributed by atoms with Crippen LogP contribution in [0, 0.1) is 45.9 Å². The lowest BCUT2D eigenvalue weighted by atomic mass is 9.95. The first-order valence-electron chi connectivity index (χ1n) is 15.1. The molecule has 2 aliphatic rings. The second kappa shape index (κ2) is 13.5. The molecule has 0 bridgehead atoms. The smallest absolute Gasteiger partial charge is 0.242 e. The average Bonchev–Trinajstić information content (AvgIpc) is 3.48. The minimum atomic E-state index is -4.08. The van der Waals surface area contributed by atoms with E-state index in [9.17, 15) is 18.0 Å². The predicted molar refractivity (Wildman–Crippen MR) is 168 cm³/mol. The van der Waals surface area contributed by atoms with Crippen molar-refractivity contribution in [2.75, 3.05) is 26.2 Å². The van der Waals surface area contributed by atoms with Gasteiger partial charge in [0.05, 0.1) is 4.90 Å². The van der Waals surface area contributed by atoms with Crippen LogP contribution in [-0.2, 0) is 26.0 Å². The van der Waals surface area contributed by atoms with Gasteiger partial charge in [0.2, 0.25) is 21.8 Å². The van der Waals surface area contributed by atoms with Gasteiger partial charge in [0.1, 0.15) is 12.1 Å². The van der Waals surface area contributed by atoms with Crippen LogP contribution in [0.3, 0.4) is 0 Å². The number of hydrogen-bond donors (Lipinski definition) is 4. The summed E-state index contributed by atoms with van der Waals surface area (Å²) in [6.07, 6.45) is 3.01. The highest BCUT2D eigenvalue weighted by Crippen LogP contribution is 2.30. The molecule has 10 nitrogen and oxygen atoms in total. The number of amides is 2. The van der Waals surface area contributed by atoms with Crippen LogP contribution < -0.4 is 15.8 Å². The zero-order chi connectivity index (χ0) is 31.5. The molecule has 0 spiro atoms. The average molecular weight is 611 g/mol. The molecule has 234 valence electrons. The van der Waals surface area contributed by atoms with Gasteiger partial charge in [-0.2, -0.15) is 4.72 Å². The number of likely N-dealkylation sites (tertiary alicyclic amines) is 2. The lowest BCUT2D eigenvalue weighted by Gasteiger charge is -2.33. The number of nitrogens with zero attached hydrogens (tertiary/aromatic N) is 2. The maximum atomic E-state index is 14.1. The zero-order valence-electron chi connectivity index (χ0n) is 26.0. The molecule has 2 saturated heterocycles. The van der Waals surface area contributed by atoms with Gasteiger partial charge in [-0.25, -0.2) is 8.42 Å². The molecule has 2 aromatic carbocycles. The van der Waals surface area contributed by atoms with Crippen molar-refractivity contribution in [3.8, 4) is 0 Å². The Hall–Kier alpha value is -3.44. The van der Waals surface area contributed by atoms with Crippen molar-refractivity contribution in [1.29, 1.82) is 5.41 Å². The predicted octanol–water partition coefficient (Wildman–Crippen LogP) is 2.83. The van der Waals surface area contributed by atoms with Crippen LogP contribution in [0.5, 0.6) is 0 Å². The molecular formula is C32H46N6O4S. The van der Waals surface area contributed by atoms with Crippen LogP contribution in [-0.4, -0.2) is 74.3 Å². The van der Waals surface area contributed by atoms with Crippen molar-refractivity contribution in [3.63, 3.8) is 0 Å². The minimum absolute atomic E-state index is 0.0706. The Bertz CT molecular complexity index is 1440. The Balaban J connectivity index is 1.54. The van der Waals surface area contributed by atoms with Crippen molar-refractivity contribution in [2.45, 2.75) is 83.7 Å². The lowest BCUT2D eigenvalue weighted by Crippen LogP contribution is -2.54. The molecule has 0 unspecified atom stereocenters. The summed E-state index contributed by atoms with van der Waals surface area (Å²) in [5, 5.41) is 10.7. The number of nitrogens with one attached hydrogen (secondary N) is 3. The Kier molecular flexibility index (Phi) is 10.2. The van der Waals surface area contributed by atoms with Crippen LogP contribution in [0.2, 0.25) is 0 Å². The van der Waals surface area contributed by atoms with E-state index in [1.807, 2.05) is 69.9 Å². The van der Waals surface area contributed by atoms with Gasteiger partial charge in [-0.05, 0) is 106 Å². The summed E-state index contributed by atoms with van der Waals surface area (Å²) in [7, 11) is -4.08. The molecule has 2 fully saturated rings. The summed E-state index contributed by atoms with van der Waals surface area (Å²) in [5.41, 5.74) is 10.7. The molecule has 2 atom stereocenters. The van der Waals surface area contributed by atoms with Gasteiger partial charge in [-0.15, -0.1) is 0 Å². The van der Waals surface area contributed by atoms with E-state index in [1.54, 1.807) is 4.90 Å². The minimum Gasteiger partial charge on any atom is -0.370 e. The standard InChI is InChI=1S/C32H46N6O4S/c1-20-21(2)23(4)29(24(5)22(20)3)43(41,42)36-27(18-25-10-7-6-8-11-25)31(40)38-15-9-12-28(38)30(39)35-19-26-13-16-37(17-14-26)32(33)34/h6-8,10-11,26-28,36H,9,12-19H2,1-5H3,(H3,33,34)(H,35,39)/t27-,28+/m1/s1. The molecule has 43 heavy (non-hydrogen) atoms. The third-order valence-electron chi connectivity index (χ3n) is 9.44. The first-order valence-corrected chi connectivity index (χ1v) is 16.6. The van der Waals surface area contributed by atoms with E-state index in [0.717, 1.165) is 35.1 Å². The van der Waals surface area contributed by atoms with E-state index in [0.29, 0.717) is 50.1 Å². The molecule has 0 radical (unpaired) electrons. The maximum absolute atomic E-state index is 14.1. The van der Waals surface area contributed by atoms with E-state index in [-0.39, 0.29) is 29.1 Å². The number of guanidine groups is 1. The van der Waals surface area contributed by atoms with Crippen LogP contribution >= 0.6 is 0 Å². The second-order valence-corrected chi connectivity index (χ2v) is 13.7. The fourth-order valence-electron chi connectivity index (χ4n) is 6.39. The molecule has 11 heteroatoms. The summed E-state index contributed by atoms with van der Waals surface area (Å²) >= 11 is 0. The van der Waals surface area contributed by atoms with E-state index >= 15 is 0 Å². The van der Waals surface area contributed by atoms with Gasteiger partial charge >= 0.3 is 0 Å². The number of rotatable bonds is 9. The molecule has 0 saturated carbocycles. The number of nitrogens with two attached hydrogens (primary N) is 1. The normalized spacial score (nSPS) is 18.5. The van der Waals surface area contributed by atoms with Gasteiger partial charge in [-0.1, -0.05) is 30.3 Å². The molecule has 2 aliphatic heterocycles. The Morgan fingerprint density at radius 2 is 1.51 bits per heavy atom. The van der Waals surface area contributed by atoms with Crippen LogP contribution in [0.15, 0.2) is 35.2 Å². The SMILES string of the molecule is Cc1c(C)c(C)c(S(=O)(=O)N[C@H](Cc2ccccc2)C(=O)N2CCC[C@H]2C(=O)NCC2CCN(C(=N)N)CC2)c(C)c1C. The number of carbonyl (C=O) groups is 2. The number of hydrogen-bond acceptors (Lipinski definition) is 5. The molecule has 2 aromatic rings. The number of benzene rings is 2. The number of piperidine rings is 1. The van der Waals surface area contributed by atoms with E-state index in [2.05, 4.69) is 10.0 Å². The summed E-state index contributed by atoms with van der Waals surface area (Å²) < 4.78 is 30.7. The fourth-order valence-corrected chi connectivity index (χ4v) is 8.18. The van der Waals surface area contributed by atoms with Crippen molar-refractivity contribution in [2.24, 2.45) is 11.7 Å². The molecule has 0 aliphatic carbocycles. The third-order valence-corrected chi connectivity index (χ3v) is 11.2. The molecule has 2 heterocycles. The molecule has 5 N–H and O–H groups in total.